The Morgan fingerprint density at radius 3 is 2.42 bits per heavy atom. The Labute approximate surface area is 138 Å². The minimum Gasteiger partial charge on any atom is -0.478 e. The molecule has 7 heteroatoms. The highest BCUT2D eigenvalue weighted by Gasteiger charge is 2.09. The van der Waals surface area contributed by atoms with Crippen LogP contribution in [0.15, 0.2) is 53.6 Å². The quantitative estimate of drug-likeness (QED) is 0.556. The Bertz CT molecular complexity index is 832. The van der Waals surface area contributed by atoms with Crippen molar-refractivity contribution in [1.29, 1.82) is 10.5 Å². The number of nitriles is 2. The molecular weight excluding hydrogens is 306 g/mol. The van der Waals surface area contributed by atoms with Crippen molar-refractivity contribution in [2.45, 2.75) is 6.54 Å². The van der Waals surface area contributed by atoms with Crippen molar-refractivity contribution in [2.75, 3.05) is 10.7 Å². The fraction of sp³-hybridized carbons (Fsp3) is 0.0588. The van der Waals surface area contributed by atoms with E-state index in [1.165, 1.54) is 12.1 Å². The van der Waals surface area contributed by atoms with E-state index in [0.717, 1.165) is 5.56 Å². The van der Waals surface area contributed by atoms with Crippen LogP contribution >= 0.6 is 0 Å². The molecule has 0 spiro atoms. The normalized spacial score (nSPS) is 9.25. The summed E-state index contributed by atoms with van der Waals surface area (Å²) in [5.74, 6) is -1.09. The molecule has 0 amide bonds. The maximum Gasteiger partial charge on any atom is 0.335 e. The van der Waals surface area contributed by atoms with Crippen LogP contribution < -0.4 is 10.7 Å². The molecule has 0 aliphatic heterocycles. The van der Waals surface area contributed by atoms with Crippen LogP contribution in [0.1, 0.15) is 15.9 Å². The van der Waals surface area contributed by atoms with Gasteiger partial charge in [-0.25, -0.2) is 4.79 Å². The van der Waals surface area contributed by atoms with E-state index in [-0.39, 0.29) is 11.3 Å². The molecule has 0 fully saturated rings. The lowest BCUT2D eigenvalue weighted by molar-refractivity contribution is 0.0697. The van der Waals surface area contributed by atoms with Gasteiger partial charge in [-0.2, -0.15) is 15.6 Å². The molecule has 118 valence electrons. The van der Waals surface area contributed by atoms with Gasteiger partial charge in [0.05, 0.1) is 16.9 Å². The maximum absolute atomic E-state index is 11.1. The van der Waals surface area contributed by atoms with Gasteiger partial charge in [0.25, 0.3) is 0 Å². The molecule has 0 unspecified atom stereocenters. The highest BCUT2D eigenvalue weighted by molar-refractivity contribution is 6.10. The predicted molar refractivity (Wildman–Crippen MR) is 89.5 cm³/mol. The van der Waals surface area contributed by atoms with E-state index in [2.05, 4.69) is 15.8 Å². The molecule has 0 aromatic heterocycles. The molecule has 7 nitrogen and oxygen atoms in total. The molecule has 0 bridgehead atoms. The van der Waals surface area contributed by atoms with Crippen LogP contribution in [0.2, 0.25) is 0 Å². The van der Waals surface area contributed by atoms with Crippen LogP contribution in [-0.4, -0.2) is 16.8 Å². The number of nitrogens with one attached hydrogen (secondary N) is 2. The second kappa shape index (κ2) is 7.97. The third-order valence-electron chi connectivity index (χ3n) is 3.09. The summed E-state index contributed by atoms with van der Waals surface area (Å²) >= 11 is 0. The fourth-order valence-electron chi connectivity index (χ4n) is 1.91. The number of anilines is 2. The van der Waals surface area contributed by atoms with Gasteiger partial charge in [0, 0.05) is 6.54 Å². The monoisotopic (exact) mass is 319 g/mol. The van der Waals surface area contributed by atoms with Crippen LogP contribution in [0.4, 0.5) is 11.4 Å². The number of benzene rings is 2. The van der Waals surface area contributed by atoms with Gasteiger partial charge in [0.15, 0.2) is 0 Å². The Hall–Kier alpha value is -3.84. The molecular formula is C17H13N5O2. The van der Waals surface area contributed by atoms with Crippen molar-refractivity contribution in [3.8, 4) is 12.1 Å². The molecule has 0 saturated heterocycles. The van der Waals surface area contributed by atoms with E-state index in [9.17, 15) is 4.79 Å². The second-order valence-corrected chi connectivity index (χ2v) is 4.70. The number of hydrogen-bond acceptors (Lipinski definition) is 6. The number of carboxylic acids is 1. The lowest BCUT2D eigenvalue weighted by Gasteiger charge is -2.12. The summed E-state index contributed by atoms with van der Waals surface area (Å²) < 4.78 is 0. The zero-order chi connectivity index (χ0) is 17.4. The molecule has 0 aliphatic rings. The predicted octanol–water partition coefficient (Wildman–Crippen LogP) is 2.81. The molecule has 0 heterocycles. The molecule has 3 N–H and O–H groups in total. The Morgan fingerprint density at radius 2 is 1.79 bits per heavy atom. The van der Waals surface area contributed by atoms with Crippen LogP contribution in [0.5, 0.6) is 0 Å². The molecule has 2 rings (SSSR count). The first kappa shape index (κ1) is 16.5. The summed E-state index contributed by atoms with van der Waals surface area (Å²) in [5, 5.41) is 33.3. The first-order valence-corrected chi connectivity index (χ1v) is 6.93. The van der Waals surface area contributed by atoms with E-state index in [0.29, 0.717) is 17.9 Å². The first-order chi connectivity index (χ1) is 11.6. The zero-order valence-corrected chi connectivity index (χ0v) is 12.5. The largest absolute Gasteiger partial charge is 0.478 e. The van der Waals surface area contributed by atoms with Crippen molar-refractivity contribution in [1.82, 2.24) is 0 Å². The molecule has 0 atom stereocenters. The van der Waals surface area contributed by atoms with Gasteiger partial charge in [-0.3, -0.25) is 5.43 Å². The number of carbonyl (C=O) groups is 1. The summed E-state index contributed by atoms with van der Waals surface area (Å²) in [6.45, 7) is 0.523. The van der Waals surface area contributed by atoms with E-state index in [4.69, 9.17) is 15.6 Å². The molecule has 0 radical (unpaired) electrons. The summed E-state index contributed by atoms with van der Waals surface area (Å²) in [5.41, 5.74) is 4.27. The zero-order valence-electron chi connectivity index (χ0n) is 12.5. The van der Waals surface area contributed by atoms with Crippen molar-refractivity contribution >= 4 is 23.1 Å². The number of aromatic carboxylic acids is 1. The first-order valence-electron chi connectivity index (χ1n) is 6.93. The summed E-state index contributed by atoms with van der Waals surface area (Å²) in [7, 11) is 0. The fourth-order valence-corrected chi connectivity index (χ4v) is 1.91. The van der Waals surface area contributed by atoms with Crippen LogP contribution in [-0.2, 0) is 6.54 Å². The maximum atomic E-state index is 11.1. The van der Waals surface area contributed by atoms with Crippen molar-refractivity contribution in [3.05, 3.63) is 59.7 Å². The van der Waals surface area contributed by atoms with Crippen LogP contribution in [0, 0.1) is 22.7 Å². The summed E-state index contributed by atoms with van der Waals surface area (Å²) in [6.07, 6.45) is 0. The number of rotatable bonds is 6. The Morgan fingerprint density at radius 1 is 1.08 bits per heavy atom. The highest BCUT2D eigenvalue weighted by atomic mass is 16.4. The third-order valence-corrected chi connectivity index (χ3v) is 3.09. The van der Waals surface area contributed by atoms with Gasteiger partial charge in [0.1, 0.15) is 12.1 Å². The minimum atomic E-state index is -1.09. The smallest absolute Gasteiger partial charge is 0.335 e. The Kier molecular flexibility index (Phi) is 5.49. The lowest BCUT2D eigenvalue weighted by atomic mass is 10.1. The topological polar surface area (TPSA) is 121 Å². The van der Waals surface area contributed by atoms with Gasteiger partial charge >= 0.3 is 5.97 Å². The van der Waals surface area contributed by atoms with Gasteiger partial charge in [-0.1, -0.05) is 30.3 Å². The molecule has 0 saturated carbocycles. The van der Waals surface area contributed by atoms with Crippen LogP contribution in [0.3, 0.4) is 0 Å². The van der Waals surface area contributed by atoms with E-state index in [1.54, 1.807) is 18.2 Å². The standard InChI is InChI=1S/C17H13N5O2/c18-9-14(10-19)21-22-16-8-13(17(23)24)6-7-15(16)20-11-12-4-2-1-3-5-12/h1-8,20,22H,11H2,(H,23,24). The SMILES string of the molecule is N#CC(C#N)=NNc1cc(C(=O)O)ccc1NCc1ccccc1. The number of hydrogen-bond donors (Lipinski definition) is 3. The molecule has 2 aromatic carbocycles. The van der Waals surface area contributed by atoms with Crippen molar-refractivity contribution in [2.24, 2.45) is 5.10 Å². The van der Waals surface area contributed by atoms with E-state index >= 15 is 0 Å². The number of hydrazone groups is 1. The second-order valence-electron chi connectivity index (χ2n) is 4.70. The van der Waals surface area contributed by atoms with Gasteiger partial charge in [-0.15, -0.1) is 0 Å². The highest BCUT2D eigenvalue weighted by Crippen LogP contribution is 2.24. The van der Waals surface area contributed by atoms with Crippen molar-refractivity contribution in [3.63, 3.8) is 0 Å². The van der Waals surface area contributed by atoms with Gasteiger partial charge in [0.2, 0.25) is 5.71 Å². The van der Waals surface area contributed by atoms with Crippen molar-refractivity contribution < 1.29 is 9.90 Å². The Balaban J connectivity index is 2.26. The van der Waals surface area contributed by atoms with Crippen LogP contribution in [0.25, 0.3) is 0 Å². The van der Waals surface area contributed by atoms with E-state index < -0.39 is 5.97 Å². The minimum absolute atomic E-state index is 0.0634. The van der Waals surface area contributed by atoms with Gasteiger partial charge in [-0.05, 0) is 23.8 Å². The average Bonchev–Trinajstić information content (AvgIpc) is 2.62. The lowest BCUT2D eigenvalue weighted by Crippen LogP contribution is -2.06. The molecule has 2 aromatic rings. The number of carboxylic acid groups (broad SMARTS) is 1. The summed E-state index contributed by atoms with van der Waals surface area (Å²) in [4.78, 5) is 11.1. The molecule has 24 heavy (non-hydrogen) atoms. The summed E-state index contributed by atoms with van der Waals surface area (Å²) in [6, 6.07) is 17.3. The van der Waals surface area contributed by atoms with Gasteiger partial charge < -0.3 is 10.4 Å². The number of nitrogens with zero attached hydrogens (tertiary/aromatic N) is 3. The van der Waals surface area contributed by atoms with E-state index in [1.807, 2.05) is 30.3 Å². The third kappa shape index (κ3) is 4.33. The average molecular weight is 319 g/mol. The molecule has 0 aliphatic carbocycles.